The van der Waals surface area contributed by atoms with E-state index in [1.54, 1.807) is 0 Å². The highest BCUT2D eigenvalue weighted by Crippen LogP contribution is 2.19. The van der Waals surface area contributed by atoms with E-state index >= 15 is 0 Å². The Balaban J connectivity index is 2.83. The molecule has 0 radical (unpaired) electrons. The molecule has 2 N–H and O–H groups in total. The van der Waals surface area contributed by atoms with Crippen molar-refractivity contribution >= 4 is 10.1 Å². The first-order valence-electron chi connectivity index (χ1n) is 3.30. The lowest BCUT2D eigenvalue weighted by molar-refractivity contribution is -0.0503. The maximum Gasteiger partial charge on any atom is 0.387 e. The molecule has 0 aliphatic carbocycles. The normalized spacial score (nSPS) is 12.0. The molecule has 1 heterocycles. The van der Waals surface area contributed by atoms with E-state index in [9.17, 15) is 17.2 Å². The molecule has 6 nitrogen and oxygen atoms in total. The fourth-order valence-electron chi connectivity index (χ4n) is 0.785. The standard InChI is InChI=1S/C5H6F2N2O4S/c6-5(7)13-4-1-8-9-3(4)2-14(10,11)12/h1,5H,2H2,(H,8,9)(H,10,11,12). The quantitative estimate of drug-likeness (QED) is 0.727. The Kier molecular flexibility index (Phi) is 3.01. The lowest BCUT2D eigenvalue weighted by atomic mass is 10.4. The summed E-state index contributed by atoms with van der Waals surface area (Å²) < 4.78 is 56.6. The first-order chi connectivity index (χ1) is 6.38. The number of H-pyrrole nitrogens is 1. The molecule has 9 heteroatoms. The van der Waals surface area contributed by atoms with Crippen LogP contribution in [0.4, 0.5) is 8.78 Å². The number of hydrogen-bond acceptors (Lipinski definition) is 4. The van der Waals surface area contributed by atoms with Gasteiger partial charge >= 0.3 is 6.61 Å². The van der Waals surface area contributed by atoms with Gasteiger partial charge < -0.3 is 4.74 Å². The molecule has 0 bridgehead atoms. The van der Waals surface area contributed by atoms with Crippen molar-refractivity contribution in [1.29, 1.82) is 0 Å². The second kappa shape index (κ2) is 3.88. The molecule has 0 aromatic carbocycles. The second-order valence-corrected chi connectivity index (χ2v) is 3.77. The lowest BCUT2D eigenvalue weighted by Gasteiger charge is -2.02. The van der Waals surface area contributed by atoms with Gasteiger partial charge in [0.25, 0.3) is 10.1 Å². The Labute approximate surface area is 77.6 Å². The van der Waals surface area contributed by atoms with E-state index in [1.807, 2.05) is 0 Å². The Morgan fingerprint density at radius 1 is 1.64 bits per heavy atom. The molecule has 0 aliphatic rings. The summed E-state index contributed by atoms with van der Waals surface area (Å²) in [6.07, 6.45) is 0.896. The third-order valence-corrected chi connectivity index (χ3v) is 1.88. The minimum Gasteiger partial charge on any atom is -0.431 e. The van der Waals surface area contributed by atoms with Gasteiger partial charge in [0, 0.05) is 0 Å². The van der Waals surface area contributed by atoms with Crippen molar-refractivity contribution in [2.75, 3.05) is 0 Å². The van der Waals surface area contributed by atoms with Gasteiger partial charge in [0.15, 0.2) is 5.75 Å². The van der Waals surface area contributed by atoms with E-state index in [0.717, 1.165) is 6.20 Å². The number of alkyl halides is 2. The predicted octanol–water partition coefficient (Wildman–Crippen LogP) is 0.399. The van der Waals surface area contributed by atoms with E-state index in [4.69, 9.17) is 4.55 Å². The zero-order valence-corrected chi connectivity index (χ0v) is 7.46. The molecule has 0 saturated carbocycles. The van der Waals surface area contributed by atoms with E-state index < -0.39 is 28.2 Å². The van der Waals surface area contributed by atoms with Gasteiger partial charge in [-0.15, -0.1) is 0 Å². The Morgan fingerprint density at radius 2 is 2.29 bits per heavy atom. The second-order valence-electron chi connectivity index (χ2n) is 2.32. The van der Waals surface area contributed by atoms with Crippen molar-refractivity contribution in [3.63, 3.8) is 0 Å². The van der Waals surface area contributed by atoms with Crippen LogP contribution in [-0.2, 0) is 15.9 Å². The number of halogens is 2. The van der Waals surface area contributed by atoms with Gasteiger partial charge in [0.2, 0.25) is 0 Å². The highest BCUT2D eigenvalue weighted by Gasteiger charge is 2.16. The third-order valence-electron chi connectivity index (χ3n) is 1.22. The third kappa shape index (κ3) is 3.26. The van der Waals surface area contributed by atoms with E-state index in [2.05, 4.69) is 14.9 Å². The fraction of sp³-hybridized carbons (Fsp3) is 0.400. The summed E-state index contributed by atoms with van der Waals surface area (Å²) in [5.74, 6) is -1.26. The van der Waals surface area contributed by atoms with Crippen LogP contribution in [0, 0.1) is 0 Å². The molecule has 1 aromatic rings. The van der Waals surface area contributed by atoms with Crippen LogP contribution in [0.25, 0.3) is 0 Å². The number of ether oxygens (including phenoxy) is 1. The minimum atomic E-state index is -4.30. The van der Waals surface area contributed by atoms with Gasteiger partial charge in [-0.2, -0.15) is 22.3 Å². The summed E-state index contributed by atoms with van der Waals surface area (Å²) in [4.78, 5) is 0. The predicted molar refractivity (Wildman–Crippen MR) is 40.5 cm³/mol. The molecular formula is C5H6F2N2O4S. The molecule has 1 aromatic heterocycles. The van der Waals surface area contributed by atoms with Crippen molar-refractivity contribution < 1.29 is 26.5 Å². The monoisotopic (exact) mass is 228 g/mol. The molecule has 0 unspecified atom stereocenters. The summed E-state index contributed by atoms with van der Waals surface area (Å²) in [5.41, 5.74) is -0.229. The molecule has 0 saturated heterocycles. The first kappa shape index (κ1) is 10.9. The van der Waals surface area contributed by atoms with Crippen molar-refractivity contribution in [2.24, 2.45) is 0 Å². The Hall–Kier alpha value is -1.22. The van der Waals surface area contributed by atoms with Gasteiger partial charge in [-0.05, 0) is 0 Å². The van der Waals surface area contributed by atoms with Crippen LogP contribution in [0.2, 0.25) is 0 Å². The molecule has 14 heavy (non-hydrogen) atoms. The van der Waals surface area contributed by atoms with Crippen LogP contribution in [0.5, 0.6) is 5.75 Å². The number of aromatic nitrogens is 2. The van der Waals surface area contributed by atoms with Gasteiger partial charge in [-0.3, -0.25) is 9.65 Å². The summed E-state index contributed by atoms with van der Waals surface area (Å²) in [6.45, 7) is -3.08. The van der Waals surface area contributed by atoms with Gasteiger partial charge in [0.05, 0.1) is 11.9 Å². The number of rotatable bonds is 4. The van der Waals surface area contributed by atoms with Crippen LogP contribution >= 0.6 is 0 Å². The molecule has 0 atom stereocenters. The molecule has 0 spiro atoms. The number of nitrogens with zero attached hydrogens (tertiary/aromatic N) is 1. The molecule has 0 fully saturated rings. The molecular weight excluding hydrogens is 222 g/mol. The summed E-state index contributed by atoms with van der Waals surface area (Å²) in [7, 11) is -4.30. The SMILES string of the molecule is O=S(=O)(O)Cc1[nH]ncc1OC(F)F. The fourth-order valence-corrected chi connectivity index (χ4v) is 1.36. The number of nitrogens with one attached hydrogen (secondary N) is 1. The number of aromatic amines is 1. The van der Waals surface area contributed by atoms with Crippen molar-refractivity contribution in [1.82, 2.24) is 10.2 Å². The van der Waals surface area contributed by atoms with E-state index in [1.165, 1.54) is 0 Å². The van der Waals surface area contributed by atoms with Gasteiger partial charge in [-0.1, -0.05) is 0 Å². The average Bonchev–Trinajstić information content (AvgIpc) is 2.32. The smallest absolute Gasteiger partial charge is 0.387 e. The first-order valence-corrected chi connectivity index (χ1v) is 4.91. The maximum atomic E-state index is 11.7. The zero-order valence-electron chi connectivity index (χ0n) is 6.65. The van der Waals surface area contributed by atoms with Crippen molar-refractivity contribution in [3.8, 4) is 5.75 Å². The Bertz CT molecular complexity index is 402. The highest BCUT2D eigenvalue weighted by molar-refractivity contribution is 7.85. The Morgan fingerprint density at radius 3 is 2.79 bits per heavy atom. The number of hydrogen-bond donors (Lipinski definition) is 2. The molecule has 0 amide bonds. The van der Waals surface area contributed by atoms with Gasteiger partial charge in [0.1, 0.15) is 5.75 Å². The van der Waals surface area contributed by atoms with Crippen LogP contribution in [-0.4, -0.2) is 29.8 Å². The van der Waals surface area contributed by atoms with Crippen LogP contribution in [0.3, 0.4) is 0 Å². The molecule has 1 rings (SSSR count). The van der Waals surface area contributed by atoms with Crippen molar-refractivity contribution in [2.45, 2.75) is 12.4 Å². The largest absolute Gasteiger partial charge is 0.431 e. The van der Waals surface area contributed by atoms with E-state index in [0.29, 0.717) is 0 Å². The maximum absolute atomic E-state index is 11.7. The topological polar surface area (TPSA) is 92.3 Å². The van der Waals surface area contributed by atoms with Crippen molar-refractivity contribution in [3.05, 3.63) is 11.9 Å². The zero-order chi connectivity index (χ0) is 10.8. The average molecular weight is 228 g/mol. The summed E-state index contributed by atoms with van der Waals surface area (Å²) in [6, 6.07) is 0. The molecule has 0 aliphatic heterocycles. The summed E-state index contributed by atoms with van der Waals surface area (Å²) >= 11 is 0. The highest BCUT2D eigenvalue weighted by atomic mass is 32.2. The van der Waals surface area contributed by atoms with Crippen LogP contribution in [0.1, 0.15) is 5.69 Å². The molecule has 80 valence electrons. The van der Waals surface area contributed by atoms with Crippen LogP contribution < -0.4 is 4.74 Å². The van der Waals surface area contributed by atoms with Crippen LogP contribution in [0.15, 0.2) is 6.20 Å². The van der Waals surface area contributed by atoms with E-state index in [-0.39, 0.29) is 5.69 Å². The minimum absolute atomic E-state index is 0.229. The lowest BCUT2D eigenvalue weighted by Crippen LogP contribution is -2.07. The summed E-state index contributed by atoms with van der Waals surface area (Å²) in [5, 5.41) is 5.42. The van der Waals surface area contributed by atoms with Gasteiger partial charge in [-0.25, -0.2) is 0 Å².